The van der Waals surface area contributed by atoms with Gasteiger partial charge in [0.1, 0.15) is 16.3 Å². The molecule has 0 atom stereocenters. The molecule has 0 spiro atoms. The van der Waals surface area contributed by atoms with Crippen molar-refractivity contribution in [1.82, 2.24) is 14.4 Å². The molecular formula is C19H24ClN3O5S. The summed E-state index contributed by atoms with van der Waals surface area (Å²) in [6.07, 6.45) is 0.888. The molecule has 1 aromatic heterocycles. The second-order valence-electron chi connectivity index (χ2n) is 6.91. The normalized spacial score (nSPS) is 15.5. The van der Waals surface area contributed by atoms with Crippen LogP contribution in [0.2, 0.25) is 5.02 Å². The summed E-state index contributed by atoms with van der Waals surface area (Å²) in [6, 6.07) is 5.45. The maximum Gasteiger partial charge on any atom is 0.248 e. The van der Waals surface area contributed by atoms with Crippen LogP contribution in [0.15, 0.2) is 27.6 Å². The standard InChI is InChI=1S/C19H24ClN3O5S/c1-13-19(14(2)28-21-13)29(25,26)23-10-8-22(9-11-23)18(24)7-5-15-4-6-17(27-3)16(20)12-15/h4,6,12H,5,7-11H2,1-3H3. The quantitative estimate of drug-likeness (QED) is 0.683. The fourth-order valence-corrected chi connectivity index (χ4v) is 5.42. The number of carbonyl (C=O) groups excluding carboxylic acids is 1. The lowest BCUT2D eigenvalue weighted by Gasteiger charge is -2.34. The molecule has 29 heavy (non-hydrogen) atoms. The Hall–Kier alpha value is -2.10. The Balaban J connectivity index is 1.56. The van der Waals surface area contributed by atoms with E-state index in [4.69, 9.17) is 20.9 Å². The van der Waals surface area contributed by atoms with Crippen LogP contribution in [-0.2, 0) is 21.2 Å². The largest absolute Gasteiger partial charge is 0.495 e. The average Bonchev–Trinajstić information content (AvgIpc) is 3.05. The van der Waals surface area contributed by atoms with Crippen LogP contribution in [0.5, 0.6) is 5.75 Å². The van der Waals surface area contributed by atoms with Gasteiger partial charge in [0.05, 0.1) is 12.1 Å². The summed E-state index contributed by atoms with van der Waals surface area (Å²) in [5, 5.41) is 4.24. The zero-order valence-corrected chi connectivity index (χ0v) is 18.2. The Kier molecular flexibility index (Phi) is 6.50. The van der Waals surface area contributed by atoms with E-state index in [1.54, 1.807) is 38.0 Å². The number of carbonyl (C=O) groups is 1. The van der Waals surface area contributed by atoms with Crippen LogP contribution in [-0.4, -0.2) is 62.0 Å². The molecule has 8 nitrogen and oxygen atoms in total. The van der Waals surface area contributed by atoms with Gasteiger partial charge in [-0.05, 0) is 38.0 Å². The van der Waals surface area contributed by atoms with E-state index in [9.17, 15) is 13.2 Å². The maximum atomic E-state index is 12.9. The van der Waals surface area contributed by atoms with Gasteiger partial charge in [-0.3, -0.25) is 4.79 Å². The second kappa shape index (κ2) is 8.73. The Morgan fingerprint density at radius 3 is 2.48 bits per heavy atom. The van der Waals surface area contributed by atoms with Crippen molar-refractivity contribution in [1.29, 1.82) is 0 Å². The number of rotatable bonds is 6. The molecule has 0 saturated carbocycles. The number of hydrogen-bond acceptors (Lipinski definition) is 6. The summed E-state index contributed by atoms with van der Waals surface area (Å²) in [4.78, 5) is 14.4. The van der Waals surface area contributed by atoms with E-state index in [2.05, 4.69) is 5.16 Å². The number of piperazine rings is 1. The number of aryl methyl sites for hydroxylation is 3. The van der Waals surface area contributed by atoms with Crippen LogP contribution in [0.3, 0.4) is 0 Å². The molecule has 0 aliphatic carbocycles. The predicted molar refractivity (Wildman–Crippen MR) is 108 cm³/mol. The SMILES string of the molecule is COc1ccc(CCC(=O)N2CCN(S(=O)(=O)c3c(C)noc3C)CC2)cc1Cl. The Labute approximate surface area is 175 Å². The Bertz CT molecular complexity index is 978. The molecular weight excluding hydrogens is 418 g/mol. The average molecular weight is 442 g/mol. The highest BCUT2D eigenvalue weighted by Crippen LogP contribution is 2.26. The number of sulfonamides is 1. The van der Waals surface area contributed by atoms with Crippen LogP contribution in [0, 0.1) is 13.8 Å². The summed E-state index contributed by atoms with van der Waals surface area (Å²) in [7, 11) is -2.13. The minimum absolute atomic E-state index is 0.00803. The number of nitrogens with zero attached hydrogens (tertiary/aromatic N) is 3. The molecule has 1 amide bonds. The first kappa shape index (κ1) is 21.6. The first-order valence-electron chi connectivity index (χ1n) is 9.27. The number of methoxy groups -OCH3 is 1. The van der Waals surface area contributed by atoms with E-state index >= 15 is 0 Å². The zero-order chi connectivity index (χ0) is 21.2. The summed E-state index contributed by atoms with van der Waals surface area (Å²) in [5.41, 5.74) is 1.29. The smallest absolute Gasteiger partial charge is 0.248 e. The Morgan fingerprint density at radius 2 is 1.93 bits per heavy atom. The first-order chi connectivity index (χ1) is 13.7. The molecule has 2 aromatic rings. The molecule has 1 aromatic carbocycles. The van der Waals surface area contributed by atoms with Crippen molar-refractivity contribution in [3.8, 4) is 5.75 Å². The van der Waals surface area contributed by atoms with E-state index in [1.807, 2.05) is 6.07 Å². The van der Waals surface area contributed by atoms with Crippen molar-refractivity contribution in [2.45, 2.75) is 31.6 Å². The van der Waals surface area contributed by atoms with Crippen LogP contribution in [0.25, 0.3) is 0 Å². The number of halogens is 1. The van der Waals surface area contributed by atoms with Gasteiger partial charge in [0, 0.05) is 32.6 Å². The van der Waals surface area contributed by atoms with E-state index in [1.165, 1.54) is 4.31 Å². The summed E-state index contributed by atoms with van der Waals surface area (Å²) in [5.74, 6) is 0.864. The third-order valence-electron chi connectivity index (χ3n) is 5.00. The molecule has 0 radical (unpaired) electrons. The molecule has 158 valence electrons. The third-order valence-corrected chi connectivity index (χ3v) is 7.44. The minimum Gasteiger partial charge on any atom is -0.495 e. The van der Waals surface area contributed by atoms with Crippen molar-refractivity contribution in [2.24, 2.45) is 0 Å². The van der Waals surface area contributed by atoms with Crippen molar-refractivity contribution in [2.75, 3.05) is 33.3 Å². The molecule has 0 bridgehead atoms. The minimum atomic E-state index is -3.68. The number of aromatic nitrogens is 1. The van der Waals surface area contributed by atoms with Gasteiger partial charge < -0.3 is 14.2 Å². The highest BCUT2D eigenvalue weighted by molar-refractivity contribution is 7.89. The first-order valence-corrected chi connectivity index (χ1v) is 11.1. The van der Waals surface area contributed by atoms with E-state index < -0.39 is 10.0 Å². The van der Waals surface area contributed by atoms with Gasteiger partial charge in [-0.25, -0.2) is 8.42 Å². The summed E-state index contributed by atoms with van der Waals surface area (Å²) >= 11 is 6.12. The molecule has 0 unspecified atom stereocenters. The molecule has 1 aliphatic rings. The number of ether oxygens (including phenoxy) is 1. The maximum absolute atomic E-state index is 12.9. The van der Waals surface area contributed by atoms with E-state index in [0.29, 0.717) is 42.4 Å². The van der Waals surface area contributed by atoms with Gasteiger partial charge in [-0.1, -0.05) is 22.8 Å². The molecule has 1 fully saturated rings. The Morgan fingerprint density at radius 1 is 1.24 bits per heavy atom. The van der Waals surface area contributed by atoms with Crippen LogP contribution in [0.1, 0.15) is 23.4 Å². The molecule has 3 rings (SSSR count). The summed E-state index contributed by atoms with van der Waals surface area (Å²) in [6.45, 7) is 4.38. The lowest BCUT2D eigenvalue weighted by molar-refractivity contribution is -0.132. The van der Waals surface area contributed by atoms with Gasteiger partial charge in [0.2, 0.25) is 15.9 Å². The number of benzene rings is 1. The fraction of sp³-hybridized carbons (Fsp3) is 0.474. The number of hydrogen-bond donors (Lipinski definition) is 0. The van der Waals surface area contributed by atoms with Gasteiger partial charge in [-0.15, -0.1) is 0 Å². The van der Waals surface area contributed by atoms with Gasteiger partial charge in [0.15, 0.2) is 5.76 Å². The monoisotopic (exact) mass is 441 g/mol. The third kappa shape index (κ3) is 4.57. The lowest BCUT2D eigenvalue weighted by Crippen LogP contribution is -2.50. The zero-order valence-electron chi connectivity index (χ0n) is 16.6. The topological polar surface area (TPSA) is 93.0 Å². The lowest BCUT2D eigenvalue weighted by atomic mass is 10.1. The molecule has 0 N–H and O–H groups in total. The summed E-state index contributed by atoms with van der Waals surface area (Å²) < 4.78 is 37.2. The van der Waals surface area contributed by atoms with Crippen LogP contribution in [0.4, 0.5) is 0 Å². The van der Waals surface area contributed by atoms with Crippen LogP contribution < -0.4 is 4.74 Å². The second-order valence-corrected chi connectivity index (χ2v) is 9.19. The molecule has 2 heterocycles. The van der Waals surface area contributed by atoms with Crippen molar-refractivity contribution < 1.29 is 22.5 Å². The highest BCUT2D eigenvalue weighted by Gasteiger charge is 2.34. The van der Waals surface area contributed by atoms with E-state index in [-0.39, 0.29) is 29.7 Å². The van der Waals surface area contributed by atoms with Crippen molar-refractivity contribution in [3.63, 3.8) is 0 Å². The molecule has 10 heteroatoms. The van der Waals surface area contributed by atoms with Crippen molar-refractivity contribution in [3.05, 3.63) is 40.2 Å². The predicted octanol–water partition coefficient (Wildman–Crippen LogP) is 2.42. The fourth-order valence-electron chi connectivity index (χ4n) is 3.42. The molecule has 1 aliphatic heterocycles. The van der Waals surface area contributed by atoms with Gasteiger partial charge >= 0.3 is 0 Å². The highest BCUT2D eigenvalue weighted by atomic mass is 35.5. The van der Waals surface area contributed by atoms with Crippen LogP contribution >= 0.6 is 11.6 Å². The van der Waals surface area contributed by atoms with Gasteiger partial charge in [-0.2, -0.15) is 4.31 Å². The number of amides is 1. The van der Waals surface area contributed by atoms with Gasteiger partial charge in [0.25, 0.3) is 0 Å². The van der Waals surface area contributed by atoms with Crippen molar-refractivity contribution >= 4 is 27.5 Å². The molecule has 1 saturated heterocycles. The van der Waals surface area contributed by atoms with E-state index in [0.717, 1.165) is 5.56 Å².